The largest absolute Gasteiger partial charge is 0.391 e. The van der Waals surface area contributed by atoms with E-state index in [0.29, 0.717) is 17.8 Å². The van der Waals surface area contributed by atoms with Crippen molar-refractivity contribution in [2.24, 2.45) is 7.05 Å². The molecular formula is C11H15N3O3S2. The van der Waals surface area contributed by atoms with E-state index in [-0.39, 0.29) is 11.5 Å². The number of aliphatic hydroxyl groups is 1. The number of nitrogens with zero attached hydrogens (tertiary/aromatic N) is 2. The van der Waals surface area contributed by atoms with Gasteiger partial charge in [-0.2, -0.15) is 5.10 Å². The molecule has 2 N–H and O–H groups in total. The molecule has 8 heteroatoms. The fraction of sp³-hybridized carbons (Fsp3) is 0.364. The van der Waals surface area contributed by atoms with E-state index < -0.39 is 10.0 Å². The van der Waals surface area contributed by atoms with E-state index >= 15 is 0 Å². The lowest BCUT2D eigenvalue weighted by Crippen LogP contribution is -2.25. The number of thiophene rings is 1. The molecule has 0 spiro atoms. The zero-order chi connectivity index (χ0) is 13.9. The molecule has 104 valence electrons. The van der Waals surface area contributed by atoms with E-state index in [1.807, 2.05) is 19.3 Å². The van der Waals surface area contributed by atoms with Crippen molar-refractivity contribution in [1.29, 1.82) is 0 Å². The van der Waals surface area contributed by atoms with Crippen LogP contribution in [0.5, 0.6) is 0 Å². The number of hydrogen-bond acceptors (Lipinski definition) is 5. The van der Waals surface area contributed by atoms with Gasteiger partial charge in [-0.1, -0.05) is 0 Å². The number of aromatic nitrogens is 2. The normalized spacial score (nSPS) is 11.9. The maximum Gasteiger partial charge on any atom is 0.241 e. The molecule has 2 rings (SSSR count). The van der Waals surface area contributed by atoms with Crippen LogP contribution in [-0.4, -0.2) is 29.8 Å². The molecular weight excluding hydrogens is 286 g/mol. The molecule has 19 heavy (non-hydrogen) atoms. The van der Waals surface area contributed by atoms with Crippen molar-refractivity contribution in [2.75, 3.05) is 6.54 Å². The first-order valence-corrected chi connectivity index (χ1v) is 8.04. The maximum atomic E-state index is 11.9. The number of aryl methyl sites for hydroxylation is 1. The highest BCUT2D eigenvalue weighted by Gasteiger charge is 2.15. The molecule has 6 nitrogen and oxygen atoms in total. The van der Waals surface area contributed by atoms with Crippen LogP contribution in [0, 0.1) is 0 Å². The summed E-state index contributed by atoms with van der Waals surface area (Å²) < 4.78 is 28.1. The van der Waals surface area contributed by atoms with Gasteiger partial charge in [0.25, 0.3) is 0 Å². The van der Waals surface area contributed by atoms with Gasteiger partial charge in [0.15, 0.2) is 0 Å². The lowest BCUT2D eigenvalue weighted by molar-refractivity contribution is 0.285. The molecule has 0 radical (unpaired) electrons. The lowest BCUT2D eigenvalue weighted by atomic mass is 10.3. The summed E-state index contributed by atoms with van der Waals surface area (Å²) in [5.74, 6) is 0. The minimum absolute atomic E-state index is 0.145. The Morgan fingerprint density at radius 3 is 2.89 bits per heavy atom. The van der Waals surface area contributed by atoms with Crippen molar-refractivity contribution in [3.63, 3.8) is 0 Å². The maximum absolute atomic E-state index is 11.9. The lowest BCUT2D eigenvalue weighted by Gasteiger charge is -2.03. The van der Waals surface area contributed by atoms with Crippen molar-refractivity contribution in [1.82, 2.24) is 14.5 Å². The summed E-state index contributed by atoms with van der Waals surface area (Å²) in [7, 11) is -1.68. The van der Waals surface area contributed by atoms with Gasteiger partial charge in [-0.05, 0) is 12.1 Å². The van der Waals surface area contributed by atoms with Crippen LogP contribution in [0.2, 0.25) is 0 Å². The summed E-state index contributed by atoms with van der Waals surface area (Å²) in [4.78, 5) is 0.827. The summed E-state index contributed by atoms with van der Waals surface area (Å²) >= 11 is 1.22. The molecule has 0 aliphatic carbocycles. The minimum atomic E-state index is -3.50. The standard InChI is InChI=1S/C11H15N3O3S2/c1-14-5-3-9(13-14)2-4-12-19(16,17)11-6-10(7-15)18-8-11/h3,5-6,8,12,15H,2,4,7H2,1H3. The summed E-state index contributed by atoms with van der Waals surface area (Å²) in [6.45, 7) is 0.151. The Kier molecular flexibility index (Phi) is 4.35. The molecule has 0 bridgehead atoms. The molecule has 0 fully saturated rings. The van der Waals surface area contributed by atoms with Gasteiger partial charge in [-0.15, -0.1) is 11.3 Å². The van der Waals surface area contributed by atoms with Crippen LogP contribution in [0.25, 0.3) is 0 Å². The van der Waals surface area contributed by atoms with E-state index in [1.165, 1.54) is 22.8 Å². The van der Waals surface area contributed by atoms with Crippen LogP contribution >= 0.6 is 11.3 Å². The highest BCUT2D eigenvalue weighted by atomic mass is 32.2. The van der Waals surface area contributed by atoms with Crippen LogP contribution < -0.4 is 4.72 Å². The number of hydrogen-bond donors (Lipinski definition) is 2. The van der Waals surface area contributed by atoms with Crippen molar-refractivity contribution in [2.45, 2.75) is 17.9 Å². The van der Waals surface area contributed by atoms with Crippen molar-refractivity contribution in [3.8, 4) is 0 Å². The zero-order valence-electron chi connectivity index (χ0n) is 10.4. The first-order valence-electron chi connectivity index (χ1n) is 5.68. The molecule has 0 saturated heterocycles. The highest BCUT2D eigenvalue weighted by Crippen LogP contribution is 2.18. The second-order valence-corrected chi connectivity index (χ2v) is 6.80. The third-order valence-corrected chi connectivity index (χ3v) is 5.05. The van der Waals surface area contributed by atoms with Gasteiger partial charge < -0.3 is 5.11 Å². The molecule has 0 unspecified atom stereocenters. The van der Waals surface area contributed by atoms with Crippen LogP contribution in [0.15, 0.2) is 28.6 Å². The molecule has 0 aliphatic rings. The molecule has 2 aromatic heterocycles. The van der Waals surface area contributed by atoms with Crippen LogP contribution in [0.1, 0.15) is 10.6 Å². The summed E-state index contributed by atoms with van der Waals surface area (Å²) in [5.41, 5.74) is 0.839. The Hall–Kier alpha value is -1.22. The number of aliphatic hydroxyl groups excluding tert-OH is 1. The van der Waals surface area contributed by atoms with Gasteiger partial charge in [0.05, 0.1) is 17.2 Å². The predicted molar refractivity (Wildman–Crippen MR) is 72.3 cm³/mol. The average Bonchev–Trinajstić information content (AvgIpc) is 2.98. The number of nitrogens with one attached hydrogen (secondary N) is 1. The van der Waals surface area contributed by atoms with Crippen LogP contribution in [0.4, 0.5) is 0 Å². The van der Waals surface area contributed by atoms with Gasteiger partial charge in [0, 0.05) is 36.5 Å². The summed E-state index contributed by atoms with van der Waals surface area (Å²) in [6.07, 6.45) is 2.35. The Labute approximate surface area is 115 Å². The topological polar surface area (TPSA) is 84.2 Å². The van der Waals surface area contributed by atoms with Crippen molar-refractivity contribution < 1.29 is 13.5 Å². The molecule has 0 aliphatic heterocycles. The average molecular weight is 301 g/mol. The van der Waals surface area contributed by atoms with Crippen LogP contribution in [-0.2, 0) is 30.1 Å². The van der Waals surface area contributed by atoms with Crippen molar-refractivity contribution in [3.05, 3.63) is 34.3 Å². The van der Waals surface area contributed by atoms with Gasteiger partial charge >= 0.3 is 0 Å². The van der Waals surface area contributed by atoms with Gasteiger partial charge in [0.1, 0.15) is 0 Å². The summed E-state index contributed by atoms with van der Waals surface area (Å²) in [5, 5.41) is 14.6. The third-order valence-electron chi connectivity index (χ3n) is 2.54. The number of sulfonamides is 1. The molecule has 0 amide bonds. The molecule has 0 atom stereocenters. The minimum Gasteiger partial charge on any atom is -0.391 e. The monoisotopic (exact) mass is 301 g/mol. The van der Waals surface area contributed by atoms with E-state index in [4.69, 9.17) is 5.11 Å². The molecule has 0 saturated carbocycles. The molecule has 2 aromatic rings. The highest BCUT2D eigenvalue weighted by molar-refractivity contribution is 7.89. The van der Waals surface area contributed by atoms with Gasteiger partial charge in [0.2, 0.25) is 10.0 Å². The Bertz CT molecular complexity index is 646. The Morgan fingerprint density at radius 1 is 1.53 bits per heavy atom. The van der Waals surface area contributed by atoms with E-state index in [2.05, 4.69) is 9.82 Å². The molecule has 0 aromatic carbocycles. The Morgan fingerprint density at radius 2 is 2.32 bits per heavy atom. The number of rotatable bonds is 6. The SMILES string of the molecule is Cn1ccc(CCNS(=O)(=O)c2csc(CO)c2)n1. The second-order valence-electron chi connectivity index (χ2n) is 4.04. The van der Waals surface area contributed by atoms with Gasteiger partial charge in [-0.3, -0.25) is 4.68 Å². The summed E-state index contributed by atoms with van der Waals surface area (Å²) in [6, 6.07) is 3.33. The van der Waals surface area contributed by atoms with E-state index in [1.54, 1.807) is 4.68 Å². The first-order chi connectivity index (χ1) is 9.01. The zero-order valence-corrected chi connectivity index (χ0v) is 12.0. The second kappa shape index (κ2) is 5.83. The first kappa shape index (κ1) is 14.2. The Balaban J connectivity index is 1.94. The van der Waals surface area contributed by atoms with E-state index in [9.17, 15) is 8.42 Å². The smallest absolute Gasteiger partial charge is 0.241 e. The predicted octanol–water partition coefficient (Wildman–Crippen LogP) is 0.495. The van der Waals surface area contributed by atoms with E-state index in [0.717, 1.165) is 5.69 Å². The fourth-order valence-electron chi connectivity index (χ4n) is 1.58. The van der Waals surface area contributed by atoms with Gasteiger partial charge in [-0.25, -0.2) is 13.1 Å². The van der Waals surface area contributed by atoms with Crippen molar-refractivity contribution >= 4 is 21.4 Å². The quantitative estimate of drug-likeness (QED) is 0.813. The van der Waals surface area contributed by atoms with Crippen LogP contribution in [0.3, 0.4) is 0 Å². The fourth-order valence-corrected chi connectivity index (χ4v) is 3.74. The molecule has 2 heterocycles. The third kappa shape index (κ3) is 3.63.